The van der Waals surface area contributed by atoms with E-state index in [2.05, 4.69) is 30.7 Å². The molecule has 1 unspecified atom stereocenters. The van der Waals surface area contributed by atoms with E-state index in [4.69, 9.17) is 5.73 Å². The highest BCUT2D eigenvalue weighted by molar-refractivity contribution is 8.00. The van der Waals surface area contributed by atoms with Crippen molar-refractivity contribution in [2.45, 2.75) is 44.4 Å². The molecule has 5 nitrogen and oxygen atoms in total. The molecule has 0 aromatic heterocycles. The van der Waals surface area contributed by atoms with Gasteiger partial charge in [0, 0.05) is 11.3 Å². The van der Waals surface area contributed by atoms with E-state index < -0.39 is 12.1 Å². The molecule has 0 spiro atoms. The molecule has 4 N–H and O–H groups in total. The van der Waals surface area contributed by atoms with Gasteiger partial charge in [0.15, 0.2) is 0 Å². The van der Waals surface area contributed by atoms with Crippen LogP contribution in [0.2, 0.25) is 0 Å². The van der Waals surface area contributed by atoms with Crippen LogP contribution in [-0.2, 0) is 4.79 Å². The predicted octanol–water partition coefficient (Wildman–Crippen LogP) is 1.08. The largest absolute Gasteiger partial charge is 0.351 e. The number of primary amides is 1. The van der Waals surface area contributed by atoms with Gasteiger partial charge in [0.1, 0.15) is 0 Å². The molecule has 0 saturated heterocycles. The van der Waals surface area contributed by atoms with Crippen LogP contribution < -0.4 is 16.4 Å². The highest BCUT2D eigenvalue weighted by atomic mass is 32.2. The summed E-state index contributed by atoms with van der Waals surface area (Å²) in [5.41, 5.74) is 4.89. The lowest BCUT2D eigenvalue weighted by Crippen LogP contribution is -2.49. The van der Waals surface area contributed by atoms with Gasteiger partial charge in [-0.05, 0) is 26.0 Å². The van der Waals surface area contributed by atoms with E-state index in [0.29, 0.717) is 0 Å². The number of imide groups is 1. The van der Waals surface area contributed by atoms with E-state index in [1.165, 1.54) is 0 Å². The number of rotatable bonds is 7. The van der Waals surface area contributed by atoms with Crippen LogP contribution >= 0.6 is 11.8 Å². The average molecular weight is 261 g/mol. The van der Waals surface area contributed by atoms with Crippen LogP contribution in [0, 0.1) is 0 Å². The number of nitrogens with one attached hydrogen (secondary N) is 2. The summed E-state index contributed by atoms with van der Waals surface area (Å²) in [6.07, 6.45) is 4.13. The van der Waals surface area contributed by atoms with Crippen molar-refractivity contribution in [3.63, 3.8) is 0 Å². The number of thioether (sulfide) groups is 1. The van der Waals surface area contributed by atoms with Crippen molar-refractivity contribution in [1.29, 1.82) is 0 Å². The number of hydrogen-bond donors (Lipinski definition) is 3. The van der Waals surface area contributed by atoms with Crippen molar-refractivity contribution in [3.05, 3.63) is 0 Å². The van der Waals surface area contributed by atoms with Crippen molar-refractivity contribution in [2.75, 3.05) is 12.8 Å². The number of carbonyl (C=O) groups is 2. The number of urea groups is 1. The monoisotopic (exact) mass is 261 g/mol. The first-order valence-corrected chi connectivity index (χ1v) is 7.02. The standard InChI is InChI=1S/C11H23N3O2S/c1-5-11(6-2,17-4)7-13-8(3)9(15)14-10(12)16/h8,13H,5-7H2,1-4H3,(H3,12,14,15,16). The Kier molecular flexibility index (Phi) is 7.22. The zero-order valence-corrected chi connectivity index (χ0v) is 11.8. The van der Waals surface area contributed by atoms with Gasteiger partial charge in [-0.25, -0.2) is 4.79 Å². The van der Waals surface area contributed by atoms with Crippen LogP contribution in [0.25, 0.3) is 0 Å². The van der Waals surface area contributed by atoms with E-state index in [1.807, 2.05) is 0 Å². The summed E-state index contributed by atoms with van der Waals surface area (Å²) < 4.78 is 0.140. The average Bonchev–Trinajstić information content (AvgIpc) is 2.30. The second-order valence-electron chi connectivity index (χ2n) is 4.05. The first kappa shape index (κ1) is 16.2. The molecule has 0 aliphatic heterocycles. The molecule has 0 aliphatic carbocycles. The number of hydrogen-bond acceptors (Lipinski definition) is 4. The predicted molar refractivity (Wildman–Crippen MR) is 72.0 cm³/mol. The Labute approximate surface area is 107 Å². The number of carbonyl (C=O) groups excluding carboxylic acids is 2. The van der Waals surface area contributed by atoms with Gasteiger partial charge in [0.25, 0.3) is 0 Å². The molecule has 0 aromatic carbocycles. The summed E-state index contributed by atoms with van der Waals surface area (Å²) in [7, 11) is 0. The summed E-state index contributed by atoms with van der Waals surface area (Å²) in [6.45, 7) is 6.72. The molecule has 0 rings (SSSR count). The second kappa shape index (κ2) is 7.55. The lowest BCUT2D eigenvalue weighted by molar-refractivity contribution is -0.121. The minimum atomic E-state index is -0.814. The fourth-order valence-corrected chi connectivity index (χ4v) is 2.33. The van der Waals surface area contributed by atoms with Crippen LogP contribution in [0.1, 0.15) is 33.6 Å². The summed E-state index contributed by atoms with van der Waals surface area (Å²) >= 11 is 1.80. The van der Waals surface area contributed by atoms with Gasteiger partial charge in [-0.1, -0.05) is 13.8 Å². The lowest BCUT2D eigenvalue weighted by Gasteiger charge is -2.31. The SMILES string of the molecule is CCC(CC)(CNC(C)C(=O)NC(N)=O)SC. The van der Waals surface area contributed by atoms with Gasteiger partial charge in [-0.2, -0.15) is 11.8 Å². The number of nitrogens with two attached hydrogens (primary N) is 1. The van der Waals surface area contributed by atoms with Crippen molar-refractivity contribution >= 4 is 23.7 Å². The molecule has 0 saturated carbocycles. The molecule has 17 heavy (non-hydrogen) atoms. The van der Waals surface area contributed by atoms with Crippen molar-refractivity contribution in [1.82, 2.24) is 10.6 Å². The zero-order valence-electron chi connectivity index (χ0n) is 11.0. The highest BCUT2D eigenvalue weighted by Crippen LogP contribution is 2.29. The summed E-state index contributed by atoms with van der Waals surface area (Å²) in [6, 6.07) is -1.24. The first-order chi connectivity index (χ1) is 7.90. The van der Waals surface area contributed by atoms with Gasteiger partial charge < -0.3 is 11.1 Å². The highest BCUT2D eigenvalue weighted by Gasteiger charge is 2.26. The third-order valence-corrected chi connectivity index (χ3v) is 4.68. The topological polar surface area (TPSA) is 84.2 Å². The normalized spacial score (nSPS) is 13.2. The van der Waals surface area contributed by atoms with Gasteiger partial charge in [0.05, 0.1) is 6.04 Å². The summed E-state index contributed by atoms with van der Waals surface area (Å²) in [5.74, 6) is -0.389. The smallest absolute Gasteiger partial charge is 0.318 e. The van der Waals surface area contributed by atoms with Crippen LogP contribution in [0.4, 0.5) is 4.79 Å². The van der Waals surface area contributed by atoms with Crippen molar-refractivity contribution in [2.24, 2.45) is 5.73 Å². The van der Waals surface area contributed by atoms with Crippen molar-refractivity contribution in [3.8, 4) is 0 Å². The van der Waals surface area contributed by atoms with Crippen LogP contribution in [0.5, 0.6) is 0 Å². The van der Waals surface area contributed by atoms with Crippen LogP contribution in [0.3, 0.4) is 0 Å². The molecule has 6 heteroatoms. The van der Waals surface area contributed by atoms with Gasteiger partial charge >= 0.3 is 6.03 Å². The molecule has 100 valence electrons. The Bertz CT molecular complexity index is 259. The van der Waals surface area contributed by atoms with Gasteiger partial charge in [0.2, 0.25) is 5.91 Å². The van der Waals surface area contributed by atoms with Gasteiger partial charge in [-0.15, -0.1) is 0 Å². The van der Waals surface area contributed by atoms with E-state index in [1.54, 1.807) is 18.7 Å². The first-order valence-electron chi connectivity index (χ1n) is 5.79. The molecular formula is C11H23N3O2S. The Morgan fingerprint density at radius 1 is 1.35 bits per heavy atom. The Morgan fingerprint density at radius 2 is 1.88 bits per heavy atom. The fourth-order valence-electron chi connectivity index (χ4n) is 1.52. The fraction of sp³-hybridized carbons (Fsp3) is 0.818. The maximum atomic E-state index is 11.5. The summed E-state index contributed by atoms with van der Waals surface area (Å²) in [5, 5.41) is 5.20. The molecule has 1 atom stereocenters. The van der Waals surface area contributed by atoms with E-state index in [-0.39, 0.29) is 10.7 Å². The van der Waals surface area contributed by atoms with Crippen molar-refractivity contribution < 1.29 is 9.59 Å². The van der Waals surface area contributed by atoms with E-state index in [9.17, 15) is 9.59 Å². The maximum absolute atomic E-state index is 11.5. The molecule has 0 aromatic rings. The quantitative estimate of drug-likeness (QED) is 0.640. The molecular weight excluding hydrogens is 238 g/mol. The Hall–Kier alpha value is -0.750. The minimum absolute atomic E-state index is 0.140. The van der Waals surface area contributed by atoms with Crippen LogP contribution in [-0.4, -0.2) is 35.5 Å². The maximum Gasteiger partial charge on any atom is 0.318 e. The summed E-state index contributed by atoms with van der Waals surface area (Å²) in [4.78, 5) is 22.0. The molecule has 0 fully saturated rings. The second-order valence-corrected chi connectivity index (χ2v) is 5.32. The van der Waals surface area contributed by atoms with E-state index >= 15 is 0 Å². The Balaban J connectivity index is 4.25. The third-order valence-electron chi connectivity index (χ3n) is 3.09. The van der Waals surface area contributed by atoms with Crippen LogP contribution in [0.15, 0.2) is 0 Å². The Morgan fingerprint density at radius 3 is 2.24 bits per heavy atom. The number of amides is 3. The molecule has 0 heterocycles. The minimum Gasteiger partial charge on any atom is -0.351 e. The third kappa shape index (κ3) is 5.41. The zero-order chi connectivity index (χ0) is 13.5. The molecule has 0 radical (unpaired) electrons. The lowest BCUT2D eigenvalue weighted by atomic mass is 10.0. The van der Waals surface area contributed by atoms with Gasteiger partial charge in [-0.3, -0.25) is 10.1 Å². The van der Waals surface area contributed by atoms with E-state index in [0.717, 1.165) is 19.4 Å². The molecule has 0 aliphatic rings. The molecule has 0 bridgehead atoms. The molecule has 3 amide bonds.